The van der Waals surface area contributed by atoms with E-state index in [9.17, 15) is 4.79 Å². The van der Waals surface area contributed by atoms with Gasteiger partial charge in [0.25, 0.3) is 5.91 Å². The predicted octanol–water partition coefficient (Wildman–Crippen LogP) is 2.15. The van der Waals surface area contributed by atoms with Crippen molar-refractivity contribution in [2.45, 2.75) is 32.7 Å². The number of ether oxygens (including phenoxy) is 1. The van der Waals surface area contributed by atoms with Crippen molar-refractivity contribution in [1.29, 1.82) is 0 Å². The normalized spacial score (nSPS) is 10.3. The molecule has 0 unspecified atom stereocenters. The first-order chi connectivity index (χ1) is 8.15. The summed E-state index contributed by atoms with van der Waals surface area (Å²) in [5.74, 6) is 0.183. The van der Waals surface area contributed by atoms with Crippen molar-refractivity contribution in [3.05, 3.63) is 24.3 Å². The molecule has 3 N–H and O–H groups in total. The van der Waals surface area contributed by atoms with Crippen LogP contribution in [0.1, 0.15) is 26.7 Å². The van der Waals surface area contributed by atoms with E-state index in [1.807, 2.05) is 24.3 Å². The summed E-state index contributed by atoms with van der Waals surface area (Å²) < 4.78 is 5.18. The Labute approximate surface area is 102 Å². The highest BCUT2D eigenvalue weighted by atomic mass is 16.5. The lowest BCUT2D eigenvalue weighted by Crippen LogP contribution is -2.20. The molecule has 0 saturated carbocycles. The molecule has 1 aromatic rings. The van der Waals surface area contributed by atoms with Crippen LogP contribution in [0, 0.1) is 0 Å². The van der Waals surface area contributed by atoms with E-state index in [1.165, 1.54) is 0 Å². The summed E-state index contributed by atoms with van der Waals surface area (Å²) in [6.45, 7) is 4.23. The van der Waals surface area contributed by atoms with Gasteiger partial charge in [-0.3, -0.25) is 4.79 Å². The largest absolute Gasteiger partial charge is 0.484 e. The Kier molecular flexibility index (Phi) is 5.33. The Balaban J connectivity index is 2.52. The van der Waals surface area contributed by atoms with Crippen LogP contribution in [0.15, 0.2) is 24.3 Å². The molecule has 1 aromatic carbocycles. The van der Waals surface area contributed by atoms with Crippen molar-refractivity contribution in [2.75, 3.05) is 11.9 Å². The van der Waals surface area contributed by atoms with E-state index < -0.39 is 5.91 Å². The number of carbonyl (C=O) groups is 1. The van der Waals surface area contributed by atoms with Crippen LogP contribution < -0.4 is 15.8 Å². The van der Waals surface area contributed by atoms with Gasteiger partial charge in [0.1, 0.15) is 5.75 Å². The molecule has 1 rings (SSSR count). The van der Waals surface area contributed by atoms with Gasteiger partial charge in [-0.2, -0.15) is 0 Å². The first-order valence-electron chi connectivity index (χ1n) is 5.93. The summed E-state index contributed by atoms with van der Waals surface area (Å²) in [7, 11) is 0. The monoisotopic (exact) mass is 236 g/mol. The molecule has 4 heteroatoms. The van der Waals surface area contributed by atoms with Gasteiger partial charge in [-0.05, 0) is 37.1 Å². The van der Waals surface area contributed by atoms with E-state index in [4.69, 9.17) is 10.5 Å². The Morgan fingerprint density at radius 2 is 1.88 bits per heavy atom. The van der Waals surface area contributed by atoms with Crippen LogP contribution in [0.5, 0.6) is 5.75 Å². The molecule has 0 heterocycles. The maximum atomic E-state index is 10.5. The third-order valence-corrected chi connectivity index (χ3v) is 2.59. The van der Waals surface area contributed by atoms with E-state index in [0.717, 1.165) is 18.5 Å². The molecular formula is C13H20N2O2. The minimum Gasteiger partial charge on any atom is -0.484 e. The maximum Gasteiger partial charge on any atom is 0.255 e. The molecule has 0 fully saturated rings. The topological polar surface area (TPSA) is 64.3 Å². The summed E-state index contributed by atoms with van der Waals surface area (Å²) in [4.78, 5) is 10.5. The number of rotatable bonds is 7. The zero-order valence-corrected chi connectivity index (χ0v) is 10.4. The van der Waals surface area contributed by atoms with Crippen molar-refractivity contribution in [1.82, 2.24) is 0 Å². The summed E-state index contributed by atoms with van der Waals surface area (Å²) in [5, 5.41) is 3.42. The van der Waals surface area contributed by atoms with Crippen LogP contribution in [0.25, 0.3) is 0 Å². The summed E-state index contributed by atoms with van der Waals surface area (Å²) >= 11 is 0. The van der Waals surface area contributed by atoms with Crippen LogP contribution in [0.4, 0.5) is 5.69 Å². The molecule has 4 nitrogen and oxygen atoms in total. The number of nitrogens with one attached hydrogen (secondary N) is 1. The van der Waals surface area contributed by atoms with E-state index in [1.54, 1.807) is 0 Å². The van der Waals surface area contributed by atoms with Crippen LogP contribution in [-0.4, -0.2) is 18.6 Å². The predicted molar refractivity (Wildman–Crippen MR) is 69.1 cm³/mol. The van der Waals surface area contributed by atoms with Crippen molar-refractivity contribution in [3.63, 3.8) is 0 Å². The minimum atomic E-state index is -0.468. The molecule has 0 aliphatic rings. The first-order valence-corrected chi connectivity index (χ1v) is 5.93. The highest BCUT2D eigenvalue weighted by Crippen LogP contribution is 2.17. The second-order valence-electron chi connectivity index (χ2n) is 3.94. The standard InChI is InChI=1S/C13H20N2O2/c1-3-10(4-2)15-11-5-7-12(8-6-11)17-9-13(14)16/h5-8,10,15H,3-4,9H2,1-2H3,(H2,14,16). The third kappa shape index (κ3) is 4.76. The van der Waals surface area contributed by atoms with E-state index >= 15 is 0 Å². The number of carbonyl (C=O) groups excluding carboxylic acids is 1. The molecule has 0 saturated heterocycles. The van der Waals surface area contributed by atoms with Crippen LogP contribution >= 0.6 is 0 Å². The fraction of sp³-hybridized carbons (Fsp3) is 0.462. The number of primary amides is 1. The average molecular weight is 236 g/mol. The molecule has 0 aliphatic heterocycles. The lowest BCUT2D eigenvalue weighted by molar-refractivity contribution is -0.119. The van der Waals surface area contributed by atoms with Gasteiger partial charge in [0.15, 0.2) is 6.61 Å². The van der Waals surface area contributed by atoms with Gasteiger partial charge in [0.05, 0.1) is 0 Å². The molecule has 1 amide bonds. The quantitative estimate of drug-likeness (QED) is 0.762. The van der Waals surface area contributed by atoms with E-state index in [2.05, 4.69) is 19.2 Å². The first kappa shape index (κ1) is 13.4. The van der Waals surface area contributed by atoms with E-state index in [-0.39, 0.29) is 6.61 Å². The Morgan fingerprint density at radius 3 is 2.35 bits per heavy atom. The zero-order chi connectivity index (χ0) is 12.7. The average Bonchev–Trinajstić information content (AvgIpc) is 2.34. The van der Waals surface area contributed by atoms with Gasteiger partial charge >= 0.3 is 0 Å². The number of hydrogen-bond donors (Lipinski definition) is 2. The molecular weight excluding hydrogens is 216 g/mol. The second-order valence-corrected chi connectivity index (χ2v) is 3.94. The zero-order valence-electron chi connectivity index (χ0n) is 10.4. The lowest BCUT2D eigenvalue weighted by Gasteiger charge is -2.16. The molecule has 0 bridgehead atoms. The highest BCUT2D eigenvalue weighted by Gasteiger charge is 2.03. The van der Waals surface area contributed by atoms with Gasteiger partial charge in [0, 0.05) is 11.7 Å². The number of anilines is 1. The number of hydrogen-bond acceptors (Lipinski definition) is 3. The SMILES string of the molecule is CCC(CC)Nc1ccc(OCC(N)=O)cc1. The van der Waals surface area contributed by atoms with Crippen LogP contribution in [0.3, 0.4) is 0 Å². The van der Waals surface area contributed by atoms with Crippen LogP contribution in [-0.2, 0) is 4.79 Å². The lowest BCUT2D eigenvalue weighted by atomic mass is 10.1. The highest BCUT2D eigenvalue weighted by molar-refractivity contribution is 5.75. The summed E-state index contributed by atoms with van der Waals surface area (Å²) in [6.07, 6.45) is 2.19. The maximum absolute atomic E-state index is 10.5. The Hall–Kier alpha value is -1.71. The summed E-state index contributed by atoms with van der Waals surface area (Å²) in [6, 6.07) is 8.03. The Morgan fingerprint density at radius 1 is 1.29 bits per heavy atom. The van der Waals surface area contributed by atoms with Gasteiger partial charge in [-0.25, -0.2) is 0 Å². The molecule has 0 atom stereocenters. The van der Waals surface area contributed by atoms with E-state index in [0.29, 0.717) is 11.8 Å². The smallest absolute Gasteiger partial charge is 0.255 e. The van der Waals surface area contributed by atoms with Gasteiger partial charge in [-0.1, -0.05) is 13.8 Å². The minimum absolute atomic E-state index is 0.0840. The molecule has 17 heavy (non-hydrogen) atoms. The third-order valence-electron chi connectivity index (χ3n) is 2.59. The van der Waals surface area contributed by atoms with Crippen molar-refractivity contribution >= 4 is 11.6 Å². The molecule has 94 valence electrons. The van der Waals surface area contributed by atoms with Crippen LogP contribution in [0.2, 0.25) is 0 Å². The van der Waals surface area contributed by atoms with Gasteiger partial charge in [0.2, 0.25) is 0 Å². The Bertz CT molecular complexity index is 345. The molecule has 0 radical (unpaired) electrons. The molecule has 0 aromatic heterocycles. The van der Waals surface area contributed by atoms with Gasteiger partial charge < -0.3 is 15.8 Å². The van der Waals surface area contributed by atoms with Crippen molar-refractivity contribution < 1.29 is 9.53 Å². The van der Waals surface area contributed by atoms with Gasteiger partial charge in [-0.15, -0.1) is 0 Å². The molecule has 0 spiro atoms. The number of benzene rings is 1. The number of amides is 1. The molecule has 0 aliphatic carbocycles. The van der Waals surface area contributed by atoms with Crippen molar-refractivity contribution in [3.8, 4) is 5.75 Å². The van der Waals surface area contributed by atoms with Crippen molar-refractivity contribution in [2.24, 2.45) is 5.73 Å². The number of nitrogens with two attached hydrogens (primary N) is 1. The fourth-order valence-corrected chi connectivity index (χ4v) is 1.53. The summed E-state index contributed by atoms with van der Waals surface area (Å²) in [5.41, 5.74) is 6.06. The fourth-order valence-electron chi connectivity index (χ4n) is 1.53. The second kappa shape index (κ2) is 6.78.